The molecule has 0 bridgehead atoms. The smallest absolute Gasteiger partial charge is 0.127 e. The number of hydrogen-bond donors (Lipinski definition) is 1. The fraction of sp³-hybridized carbons (Fsp3) is 0.0667. The first-order chi connectivity index (χ1) is 8.29. The van der Waals surface area contributed by atoms with Crippen LogP contribution in [0, 0.1) is 0 Å². The van der Waals surface area contributed by atoms with Crippen LogP contribution in [0.3, 0.4) is 0 Å². The third kappa shape index (κ3) is 2.95. The predicted octanol–water partition coefficient (Wildman–Crippen LogP) is 3.70. The van der Waals surface area contributed by atoms with Gasteiger partial charge >= 0.3 is 0 Å². The van der Waals surface area contributed by atoms with Gasteiger partial charge in [-0.25, -0.2) is 0 Å². The molecule has 2 nitrogen and oxygen atoms in total. The highest BCUT2D eigenvalue weighted by molar-refractivity contribution is 5.34. The van der Waals surface area contributed by atoms with Crippen LogP contribution in [-0.4, -0.2) is 5.11 Å². The van der Waals surface area contributed by atoms with Crippen LogP contribution in [0.4, 0.5) is 0 Å². The summed E-state index contributed by atoms with van der Waals surface area (Å²) in [6.07, 6.45) is 0.869. The normalized spacial score (nSPS) is 11.8. The van der Waals surface area contributed by atoms with Crippen molar-refractivity contribution in [2.45, 2.75) is 6.10 Å². The van der Waals surface area contributed by atoms with Gasteiger partial charge in [-0.3, -0.25) is 0 Å². The molecule has 0 heterocycles. The van der Waals surface area contributed by atoms with Gasteiger partial charge in [-0.1, -0.05) is 36.4 Å². The molecule has 0 aliphatic heterocycles. The summed E-state index contributed by atoms with van der Waals surface area (Å²) < 4.78 is 5.64. The molecule has 1 atom stereocenters. The Balaban J connectivity index is 2.11. The van der Waals surface area contributed by atoms with Gasteiger partial charge in [-0.15, -0.1) is 6.58 Å². The van der Waals surface area contributed by atoms with E-state index in [2.05, 4.69) is 6.58 Å². The summed E-state index contributed by atoms with van der Waals surface area (Å²) in [6.45, 7) is 3.55. The van der Waals surface area contributed by atoms with Crippen LogP contribution in [0.25, 0.3) is 0 Å². The third-order valence-electron chi connectivity index (χ3n) is 2.42. The number of aliphatic hydroxyl groups is 1. The second kappa shape index (κ2) is 5.32. The summed E-state index contributed by atoms with van der Waals surface area (Å²) in [5, 5.41) is 9.55. The van der Waals surface area contributed by atoms with Gasteiger partial charge in [0.1, 0.15) is 11.5 Å². The molecule has 0 radical (unpaired) electrons. The molecule has 0 amide bonds. The van der Waals surface area contributed by atoms with E-state index in [1.807, 2.05) is 54.6 Å². The topological polar surface area (TPSA) is 29.5 Å². The first kappa shape index (κ1) is 11.4. The number of aliphatic hydroxyl groups excluding tert-OH is 1. The molecule has 2 aromatic rings. The summed E-state index contributed by atoms with van der Waals surface area (Å²) in [4.78, 5) is 0. The van der Waals surface area contributed by atoms with E-state index < -0.39 is 6.10 Å². The summed E-state index contributed by atoms with van der Waals surface area (Å²) in [5.41, 5.74) is 0.806. The molecule has 0 aliphatic rings. The van der Waals surface area contributed by atoms with Gasteiger partial charge in [0.15, 0.2) is 0 Å². The van der Waals surface area contributed by atoms with Crippen LogP contribution < -0.4 is 4.74 Å². The van der Waals surface area contributed by atoms with E-state index >= 15 is 0 Å². The van der Waals surface area contributed by atoms with Crippen LogP contribution in [0.2, 0.25) is 0 Å². The van der Waals surface area contributed by atoms with Crippen LogP contribution in [0.1, 0.15) is 11.7 Å². The van der Waals surface area contributed by atoms with Gasteiger partial charge < -0.3 is 9.84 Å². The molecule has 2 heteroatoms. The Morgan fingerprint density at radius 1 is 0.941 bits per heavy atom. The molecule has 1 unspecified atom stereocenters. The predicted molar refractivity (Wildman–Crippen MR) is 68.1 cm³/mol. The molecule has 86 valence electrons. The minimum Gasteiger partial charge on any atom is -0.457 e. The summed E-state index contributed by atoms with van der Waals surface area (Å²) in [7, 11) is 0. The van der Waals surface area contributed by atoms with E-state index in [-0.39, 0.29) is 0 Å². The lowest BCUT2D eigenvalue weighted by Crippen LogP contribution is -1.92. The zero-order valence-electron chi connectivity index (χ0n) is 9.41. The maximum absolute atomic E-state index is 9.55. The average Bonchev–Trinajstić information content (AvgIpc) is 2.40. The Morgan fingerprint density at radius 2 is 1.53 bits per heavy atom. The van der Waals surface area contributed by atoms with E-state index in [0.717, 1.165) is 17.1 Å². The van der Waals surface area contributed by atoms with Crippen molar-refractivity contribution in [1.82, 2.24) is 0 Å². The molecular formula is C15H14O2. The van der Waals surface area contributed by atoms with Gasteiger partial charge in [0.2, 0.25) is 0 Å². The largest absolute Gasteiger partial charge is 0.457 e. The molecule has 17 heavy (non-hydrogen) atoms. The van der Waals surface area contributed by atoms with Crippen LogP contribution >= 0.6 is 0 Å². The molecule has 2 rings (SSSR count). The fourth-order valence-electron chi connectivity index (χ4n) is 1.49. The number of ether oxygens (including phenoxy) is 1. The molecule has 0 saturated heterocycles. The van der Waals surface area contributed by atoms with Crippen molar-refractivity contribution in [3.63, 3.8) is 0 Å². The Bertz CT molecular complexity index is 474. The Kier molecular flexibility index (Phi) is 3.58. The van der Waals surface area contributed by atoms with Crippen molar-refractivity contribution in [1.29, 1.82) is 0 Å². The van der Waals surface area contributed by atoms with Crippen LogP contribution in [0.15, 0.2) is 67.3 Å². The van der Waals surface area contributed by atoms with Gasteiger partial charge in [-0.2, -0.15) is 0 Å². The molecule has 0 spiro atoms. The SMILES string of the molecule is C=CC(O)c1ccc(Oc2ccccc2)cc1. The highest BCUT2D eigenvalue weighted by Gasteiger charge is 2.02. The Labute approximate surface area is 101 Å². The summed E-state index contributed by atoms with van der Waals surface area (Å²) in [6, 6.07) is 16.9. The van der Waals surface area contributed by atoms with Crippen molar-refractivity contribution < 1.29 is 9.84 Å². The van der Waals surface area contributed by atoms with E-state index in [9.17, 15) is 5.11 Å². The third-order valence-corrected chi connectivity index (χ3v) is 2.42. The minimum atomic E-state index is -0.624. The van der Waals surface area contributed by atoms with E-state index in [0.29, 0.717) is 0 Å². The number of hydrogen-bond acceptors (Lipinski definition) is 2. The standard InChI is InChI=1S/C15H14O2/c1-2-15(16)12-8-10-14(11-9-12)17-13-6-4-3-5-7-13/h2-11,15-16H,1H2. The Morgan fingerprint density at radius 3 is 2.12 bits per heavy atom. The molecular weight excluding hydrogens is 212 g/mol. The molecule has 0 fully saturated rings. The van der Waals surface area contributed by atoms with E-state index in [1.54, 1.807) is 0 Å². The average molecular weight is 226 g/mol. The maximum atomic E-state index is 9.55. The zero-order valence-corrected chi connectivity index (χ0v) is 9.41. The molecule has 0 aliphatic carbocycles. The highest BCUT2D eigenvalue weighted by Crippen LogP contribution is 2.23. The van der Waals surface area contributed by atoms with Crippen molar-refractivity contribution in [3.05, 3.63) is 72.8 Å². The first-order valence-electron chi connectivity index (χ1n) is 5.43. The number of para-hydroxylation sites is 1. The van der Waals surface area contributed by atoms with Gasteiger partial charge in [0.25, 0.3) is 0 Å². The second-order valence-corrected chi connectivity index (χ2v) is 3.66. The lowest BCUT2D eigenvalue weighted by Gasteiger charge is -2.08. The quantitative estimate of drug-likeness (QED) is 0.805. The zero-order chi connectivity index (χ0) is 12.1. The van der Waals surface area contributed by atoms with Gasteiger partial charge in [-0.05, 0) is 29.8 Å². The fourth-order valence-corrected chi connectivity index (χ4v) is 1.49. The number of rotatable bonds is 4. The van der Waals surface area contributed by atoms with E-state index in [4.69, 9.17) is 4.74 Å². The second-order valence-electron chi connectivity index (χ2n) is 3.66. The minimum absolute atomic E-state index is 0.624. The molecule has 1 N–H and O–H groups in total. The first-order valence-corrected chi connectivity index (χ1v) is 5.43. The van der Waals surface area contributed by atoms with E-state index in [1.165, 1.54) is 6.08 Å². The molecule has 0 saturated carbocycles. The Hall–Kier alpha value is -2.06. The molecule has 0 aromatic heterocycles. The summed E-state index contributed by atoms with van der Waals surface area (Å²) in [5.74, 6) is 1.54. The highest BCUT2D eigenvalue weighted by atomic mass is 16.5. The van der Waals surface area contributed by atoms with Crippen LogP contribution in [-0.2, 0) is 0 Å². The van der Waals surface area contributed by atoms with Crippen molar-refractivity contribution in [2.75, 3.05) is 0 Å². The van der Waals surface area contributed by atoms with Crippen molar-refractivity contribution >= 4 is 0 Å². The lowest BCUT2D eigenvalue weighted by molar-refractivity contribution is 0.229. The van der Waals surface area contributed by atoms with Gasteiger partial charge in [0.05, 0.1) is 6.10 Å². The van der Waals surface area contributed by atoms with Crippen molar-refractivity contribution in [2.24, 2.45) is 0 Å². The monoisotopic (exact) mass is 226 g/mol. The summed E-state index contributed by atoms with van der Waals surface area (Å²) >= 11 is 0. The maximum Gasteiger partial charge on any atom is 0.127 e. The molecule has 2 aromatic carbocycles. The van der Waals surface area contributed by atoms with Crippen LogP contribution in [0.5, 0.6) is 11.5 Å². The lowest BCUT2D eigenvalue weighted by atomic mass is 10.1. The number of benzene rings is 2. The van der Waals surface area contributed by atoms with Gasteiger partial charge in [0, 0.05) is 0 Å². The van der Waals surface area contributed by atoms with Crippen molar-refractivity contribution in [3.8, 4) is 11.5 Å².